The minimum atomic E-state index is 0.192. The molecule has 0 atom stereocenters. The lowest BCUT2D eigenvalue weighted by Gasteiger charge is -2.24. The van der Waals surface area contributed by atoms with Gasteiger partial charge in [-0.25, -0.2) is 0 Å². The summed E-state index contributed by atoms with van der Waals surface area (Å²) in [5.41, 5.74) is 2.47. The second kappa shape index (κ2) is 9.73. The summed E-state index contributed by atoms with van der Waals surface area (Å²) in [6.07, 6.45) is 2.61. The minimum absolute atomic E-state index is 0.192. The van der Waals surface area contributed by atoms with Crippen LogP contribution < -0.4 is 15.0 Å². The van der Waals surface area contributed by atoms with E-state index in [2.05, 4.69) is 70.1 Å². The van der Waals surface area contributed by atoms with Crippen molar-refractivity contribution >= 4 is 5.69 Å². The van der Waals surface area contributed by atoms with Gasteiger partial charge in [-0.1, -0.05) is 33.3 Å². The second-order valence-electron chi connectivity index (χ2n) is 6.77. The van der Waals surface area contributed by atoms with Gasteiger partial charge in [-0.2, -0.15) is 0 Å². The Morgan fingerprint density at radius 3 is 2.50 bits per heavy atom. The summed E-state index contributed by atoms with van der Waals surface area (Å²) in [5, 5.41) is 3.50. The maximum absolute atomic E-state index is 6.05. The molecule has 1 rings (SSSR count). The highest BCUT2D eigenvalue weighted by Gasteiger charge is 2.11. The van der Waals surface area contributed by atoms with Gasteiger partial charge < -0.3 is 15.0 Å². The smallest absolute Gasteiger partial charge is 0.143 e. The first kappa shape index (κ1) is 18.8. The van der Waals surface area contributed by atoms with E-state index in [1.54, 1.807) is 0 Å². The molecule has 0 amide bonds. The molecule has 0 heterocycles. The fourth-order valence-corrected chi connectivity index (χ4v) is 2.35. The maximum Gasteiger partial charge on any atom is 0.143 e. The zero-order valence-corrected chi connectivity index (χ0v) is 15.3. The summed E-state index contributed by atoms with van der Waals surface area (Å²) in [7, 11) is 2.15. The first-order valence-electron chi connectivity index (χ1n) is 8.65. The van der Waals surface area contributed by atoms with E-state index in [1.165, 1.54) is 24.1 Å². The third-order valence-electron chi connectivity index (χ3n) is 3.53. The van der Waals surface area contributed by atoms with Crippen molar-refractivity contribution in [3.8, 4) is 5.75 Å². The lowest BCUT2D eigenvalue weighted by Crippen LogP contribution is -2.21. The molecule has 0 aliphatic heterocycles. The fraction of sp³-hybridized carbons (Fsp3) is 0.684. The van der Waals surface area contributed by atoms with Gasteiger partial charge >= 0.3 is 0 Å². The molecule has 0 aliphatic rings. The zero-order chi connectivity index (χ0) is 16.5. The summed E-state index contributed by atoms with van der Waals surface area (Å²) in [4.78, 5) is 2.30. The van der Waals surface area contributed by atoms with Crippen LogP contribution in [0.25, 0.3) is 0 Å². The number of nitrogens with zero attached hydrogens (tertiary/aromatic N) is 1. The van der Waals surface area contributed by atoms with E-state index in [4.69, 9.17) is 4.74 Å². The van der Waals surface area contributed by atoms with Gasteiger partial charge in [0.15, 0.2) is 0 Å². The SMILES string of the molecule is CCCCN(C)c1ccc(CNCC(C)C)cc1OC(C)C. The average molecular weight is 306 g/mol. The third-order valence-corrected chi connectivity index (χ3v) is 3.53. The lowest BCUT2D eigenvalue weighted by molar-refractivity contribution is 0.242. The van der Waals surface area contributed by atoms with E-state index >= 15 is 0 Å². The van der Waals surface area contributed by atoms with E-state index in [-0.39, 0.29) is 6.10 Å². The van der Waals surface area contributed by atoms with Crippen molar-refractivity contribution in [2.75, 3.05) is 25.0 Å². The predicted molar refractivity (Wildman–Crippen MR) is 96.9 cm³/mol. The minimum Gasteiger partial charge on any atom is -0.489 e. The summed E-state index contributed by atoms with van der Waals surface area (Å²) in [6.45, 7) is 13.8. The summed E-state index contributed by atoms with van der Waals surface area (Å²) >= 11 is 0. The molecule has 3 heteroatoms. The number of nitrogens with one attached hydrogen (secondary N) is 1. The van der Waals surface area contributed by atoms with Crippen molar-refractivity contribution in [2.45, 2.75) is 60.1 Å². The van der Waals surface area contributed by atoms with Gasteiger partial charge in [0.2, 0.25) is 0 Å². The Kier molecular flexibility index (Phi) is 8.32. The van der Waals surface area contributed by atoms with Gasteiger partial charge in [0.25, 0.3) is 0 Å². The summed E-state index contributed by atoms with van der Waals surface area (Å²) in [5.74, 6) is 1.67. The highest BCUT2D eigenvalue weighted by molar-refractivity contribution is 5.59. The van der Waals surface area contributed by atoms with Crippen LogP contribution in [0.1, 0.15) is 53.0 Å². The van der Waals surface area contributed by atoms with Crippen LogP contribution in [0.15, 0.2) is 18.2 Å². The molecule has 0 bridgehead atoms. The third kappa shape index (κ3) is 6.69. The Hall–Kier alpha value is -1.22. The van der Waals surface area contributed by atoms with E-state index in [9.17, 15) is 0 Å². The molecule has 126 valence electrons. The van der Waals surface area contributed by atoms with Gasteiger partial charge in [0.05, 0.1) is 11.8 Å². The molecule has 1 aromatic rings. The van der Waals surface area contributed by atoms with Crippen molar-refractivity contribution in [2.24, 2.45) is 5.92 Å². The van der Waals surface area contributed by atoms with Gasteiger partial charge in [-0.05, 0) is 50.4 Å². The standard InChI is InChI=1S/C19H34N2O/c1-7-8-11-21(6)18-10-9-17(14-20-13-15(2)3)12-19(18)22-16(4)5/h9-10,12,15-16,20H,7-8,11,13-14H2,1-6H3. The number of rotatable bonds is 10. The molecule has 1 aromatic carbocycles. The first-order chi connectivity index (χ1) is 10.4. The molecule has 0 aliphatic carbocycles. The Morgan fingerprint density at radius 1 is 1.18 bits per heavy atom. The number of hydrogen-bond donors (Lipinski definition) is 1. The van der Waals surface area contributed by atoms with Crippen LogP contribution in [0.2, 0.25) is 0 Å². The summed E-state index contributed by atoms with van der Waals surface area (Å²) in [6, 6.07) is 6.59. The number of ether oxygens (including phenoxy) is 1. The fourth-order valence-electron chi connectivity index (χ4n) is 2.35. The van der Waals surface area contributed by atoms with Gasteiger partial charge in [-0.3, -0.25) is 0 Å². The molecular formula is C19H34N2O. The molecule has 1 N–H and O–H groups in total. The van der Waals surface area contributed by atoms with Crippen LogP contribution >= 0.6 is 0 Å². The van der Waals surface area contributed by atoms with Crippen LogP contribution in [0.5, 0.6) is 5.75 Å². The molecule has 0 saturated heterocycles. The van der Waals surface area contributed by atoms with Crippen LogP contribution in [0.4, 0.5) is 5.69 Å². The number of benzene rings is 1. The van der Waals surface area contributed by atoms with Gasteiger partial charge in [-0.15, -0.1) is 0 Å². The quantitative estimate of drug-likeness (QED) is 0.691. The Balaban J connectivity index is 2.83. The normalized spacial score (nSPS) is 11.3. The Morgan fingerprint density at radius 2 is 1.91 bits per heavy atom. The molecule has 0 spiro atoms. The van der Waals surface area contributed by atoms with Gasteiger partial charge in [0.1, 0.15) is 5.75 Å². The van der Waals surface area contributed by atoms with E-state index < -0.39 is 0 Å². The van der Waals surface area contributed by atoms with Crippen molar-refractivity contribution in [1.29, 1.82) is 0 Å². The van der Waals surface area contributed by atoms with Crippen molar-refractivity contribution in [3.05, 3.63) is 23.8 Å². The zero-order valence-electron chi connectivity index (χ0n) is 15.3. The van der Waals surface area contributed by atoms with Crippen LogP contribution in [0, 0.1) is 5.92 Å². The molecule has 22 heavy (non-hydrogen) atoms. The molecular weight excluding hydrogens is 272 g/mol. The number of unbranched alkanes of at least 4 members (excludes halogenated alkanes) is 1. The Labute approximate surface area is 137 Å². The first-order valence-corrected chi connectivity index (χ1v) is 8.65. The van der Waals surface area contributed by atoms with Crippen LogP contribution in [-0.4, -0.2) is 26.2 Å². The molecule has 0 radical (unpaired) electrons. The number of anilines is 1. The van der Waals surface area contributed by atoms with Crippen molar-refractivity contribution in [1.82, 2.24) is 5.32 Å². The molecule has 0 aromatic heterocycles. The number of hydrogen-bond acceptors (Lipinski definition) is 3. The topological polar surface area (TPSA) is 24.5 Å². The molecule has 0 saturated carbocycles. The lowest BCUT2D eigenvalue weighted by atomic mass is 10.1. The van der Waals surface area contributed by atoms with Crippen molar-refractivity contribution in [3.63, 3.8) is 0 Å². The second-order valence-corrected chi connectivity index (χ2v) is 6.77. The van der Waals surface area contributed by atoms with Gasteiger partial charge in [0, 0.05) is 20.1 Å². The predicted octanol–water partition coefficient (Wildman–Crippen LogP) is 4.46. The molecule has 0 unspecified atom stereocenters. The van der Waals surface area contributed by atoms with Crippen LogP contribution in [-0.2, 0) is 6.54 Å². The average Bonchev–Trinajstić information content (AvgIpc) is 2.44. The van der Waals surface area contributed by atoms with Crippen LogP contribution in [0.3, 0.4) is 0 Å². The molecule has 0 fully saturated rings. The largest absolute Gasteiger partial charge is 0.489 e. The van der Waals surface area contributed by atoms with E-state index in [0.29, 0.717) is 5.92 Å². The monoisotopic (exact) mass is 306 g/mol. The van der Waals surface area contributed by atoms with E-state index in [0.717, 1.165) is 25.4 Å². The summed E-state index contributed by atoms with van der Waals surface area (Å²) < 4.78 is 6.05. The van der Waals surface area contributed by atoms with E-state index in [1.807, 2.05) is 0 Å². The Bertz CT molecular complexity index is 429. The highest BCUT2D eigenvalue weighted by Crippen LogP contribution is 2.30. The van der Waals surface area contributed by atoms with Crippen molar-refractivity contribution < 1.29 is 4.74 Å². The highest BCUT2D eigenvalue weighted by atomic mass is 16.5. The molecule has 3 nitrogen and oxygen atoms in total. The maximum atomic E-state index is 6.05.